The van der Waals surface area contributed by atoms with Crippen LogP contribution in [-0.4, -0.2) is 50.8 Å². The van der Waals surface area contributed by atoms with E-state index in [4.69, 9.17) is 0 Å². The first kappa shape index (κ1) is 35.4. The Morgan fingerprint density at radius 3 is 1.85 bits per heavy atom. The van der Waals surface area contributed by atoms with Crippen molar-refractivity contribution in [3.05, 3.63) is 120 Å². The highest BCUT2D eigenvalue weighted by molar-refractivity contribution is 8.09. The van der Waals surface area contributed by atoms with E-state index in [1.807, 2.05) is 19.1 Å². The minimum Gasteiger partial charge on any atom is -0.372 e. The van der Waals surface area contributed by atoms with Crippen molar-refractivity contribution in [2.75, 3.05) is 41.7 Å². The lowest BCUT2D eigenvalue weighted by molar-refractivity contribution is -0.0440. The highest BCUT2D eigenvalue weighted by Crippen LogP contribution is 2.43. The summed E-state index contributed by atoms with van der Waals surface area (Å²) in [5.41, 5.74) is 3.60. The summed E-state index contributed by atoms with van der Waals surface area (Å²) in [6, 6.07) is 36.1. The van der Waals surface area contributed by atoms with E-state index in [9.17, 15) is 21.6 Å². The summed E-state index contributed by atoms with van der Waals surface area (Å²) < 4.78 is 62.0. The zero-order valence-corrected chi connectivity index (χ0v) is 28.9. The number of para-hydroxylation sites is 1. The number of nitrogens with one attached hydrogen (secondary N) is 2. The monoisotopic (exact) mass is 694 g/mol. The lowest BCUT2D eigenvalue weighted by Crippen LogP contribution is -2.33. The lowest BCUT2D eigenvalue weighted by Gasteiger charge is -2.26. The molecule has 0 saturated carbocycles. The van der Waals surface area contributed by atoms with Crippen LogP contribution in [0.25, 0.3) is 22.2 Å². The second kappa shape index (κ2) is 15.5. The van der Waals surface area contributed by atoms with Crippen molar-refractivity contribution in [2.24, 2.45) is 0 Å². The summed E-state index contributed by atoms with van der Waals surface area (Å²) in [6.07, 6.45) is 0.498. The van der Waals surface area contributed by atoms with Crippen LogP contribution in [0.5, 0.6) is 0 Å². The highest BCUT2D eigenvalue weighted by atomic mass is 32.3. The molecule has 5 aromatic rings. The minimum absolute atomic E-state index is 0.0794. The van der Waals surface area contributed by atoms with Crippen molar-refractivity contribution in [3.8, 4) is 11.3 Å². The van der Waals surface area contributed by atoms with Gasteiger partial charge in [0.25, 0.3) is 0 Å². The molecule has 2 N–H and O–H groups in total. The number of aromatic amines is 1. The third kappa shape index (κ3) is 7.85. The fraction of sp³-hybridized carbons (Fsp3) is 0.297. The van der Waals surface area contributed by atoms with Crippen LogP contribution < -0.4 is 13.9 Å². The average Bonchev–Trinajstić information content (AvgIpc) is 3.47. The van der Waals surface area contributed by atoms with Gasteiger partial charge in [0.05, 0.1) is 5.69 Å². The quantitative estimate of drug-likeness (QED) is 0.0845. The van der Waals surface area contributed by atoms with Gasteiger partial charge in [-0.3, -0.25) is 0 Å². The van der Waals surface area contributed by atoms with Crippen molar-refractivity contribution < 1.29 is 21.6 Å². The Morgan fingerprint density at radius 1 is 0.750 bits per heavy atom. The van der Waals surface area contributed by atoms with Gasteiger partial charge in [0.15, 0.2) is 0 Å². The van der Waals surface area contributed by atoms with Crippen LogP contribution in [0.4, 0.5) is 24.5 Å². The van der Waals surface area contributed by atoms with E-state index in [1.165, 1.54) is 16.8 Å². The molecule has 0 aliphatic carbocycles. The molecule has 0 fully saturated rings. The molecule has 0 aliphatic heterocycles. The summed E-state index contributed by atoms with van der Waals surface area (Å²) in [5.74, 6) is 0.127. The molecule has 0 spiro atoms. The number of aromatic nitrogens is 1. The first-order chi connectivity index (χ1) is 23.1. The van der Waals surface area contributed by atoms with E-state index in [1.54, 1.807) is 4.13 Å². The van der Waals surface area contributed by atoms with Crippen molar-refractivity contribution in [1.82, 2.24) is 9.11 Å². The van der Waals surface area contributed by atoms with Crippen molar-refractivity contribution in [2.45, 2.75) is 38.6 Å². The van der Waals surface area contributed by atoms with Crippen LogP contribution in [-0.2, 0) is 10.0 Å². The van der Waals surface area contributed by atoms with Gasteiger partial charge in [0.2, 0.25) is 0 Å². The van der Waals surface area contributed by atoms with Crippen LogP contribution in [0.2, 0.25) is 0 Å². The molecule has 1 heterocycles. The molecule has 1 unspecified atom stereocenters. The average molecular weight is 695 g/mol. The Kier molecular flexibility index (Phi) is 11.4. The molecule has 0 saturated heterocycles. The van der Waals surface area contributed by atoms with Crippen molar-refractivity contribution in [1.29, 1.82) is 0 Å². The van der Waals surface area contributed by atoms with Gasteiger partial charge >= 0.3 is 15.5 Å². The van der Waals surface area contributed by atoms with Crippen molar-refractivity contribution in [3.63, 3.8) is 0 Å². The second-order valence-corrected chi connectivity index (χ2v) is 14.3. The summed E-state index contributed by atoms with van der Waals surface area (Å²) in [5, 5.41) is 1.16. The summed E-state index contributed by atoms with van der Waals surface area (Å²) in [6.45, 7) is 9.45. The van der Waals surface area contributed by atoms with Gasteiger partial charge in [0, 0.05) is 60.1 Å². The zero-order chi connectivity index (χ0) is 34.3. The van der Waals surface area contributed by atoms with Gasteiger partial charge < -0.3 is 14.8 Å². The SMILES string of the molecule is CCN(CC)c1ccc(C(c2ccc(N(CC)CCCSNS(=O)(=O)C(F)(F)F)cc2)c2c(-c3ccccc3)[nH]c3ccccc23)cc1. The Labute approximate surface area is 285 Å². The molecular weight excluding hydrogens is 654 g/mol. The molecule has 0 aliphatic rings. The van der Waals surface area contributed by atoms with E-state index in [0.29, 0.717) is 31.5 Å². The maximum atomic E-state index is 12.6. The van der Waals surface area contributed by atoms with E-state index >= 15 is 0 Å². The predicted octanol–water partition coefficient (Wildman–Crippen LogP) is 9.17. The largest absolute Gasteiger partial charge is 0.512 e. The fourth-order valence-corrected chi connectivity index (χ4v) is 7.73. The van der Waals surface area contributed by atoms with Gasteiger partial charge in [-0.15, -0.1) is 0 Å². The number of anilines is 2. The summed E-state index contributed by atoms with van der Waals surface area (Å²) in [7, 11) is -5.36. The molecule has 0 radical (unpaired) electrons. The third-order valence-corrected chi connectivity index (χ3v) is 11.0. The third-order valence-electron chi connectivity index (χ3n) is 8.57. The topological polar surface area (TPSA) is 68.4 Å². The minimum atomic E-state index is -5.36. The van der Waals surface area contributed by atoms with Gasteiger partial charge in [-0.2, -0.15) is 17.3 Å². The number of hydrogen-bond donors (Lipinski definition) is 2. The van der Waals surface area contributed by atoms with Crippen LogP contribution in [0.1, 0.15) is 49.8 Å². The first-order valence-electron chi connectivity index (χ1n) is 16.1. The number of alkyl halides is 3. The van der Waals surface area contributed by atoms with Gasteiger partial charge in [-0.05, 0) is 79.8 Å². The lowest BCUT2D eigenvalue weighted by atomic mass is 9.82. The number of fused-ring (bicyclic) bond motifs is 1. The second-order valence-electron chi connectivity index (χ2n) is 11.4. The van der Waals surface area contributed by atoms with Gasteiger partial charge in [-0.1, -0.05) is 84.7 Å². The van der Waals surface area contributed by atoms with E-state index in [2.05, 4.69) is 120 Å². The number of rotatable bonds is 15. The highest BCUT2D eigenvalue weighted by Gasteiger charge is 2.45. The van der Waals surface area contributed by atoms with Crippen LogP contribution >= 0.6 is 11.9 Å². The van der Waals surface area contributed by atoms with Crippen LogP contribution in [0.3, 0.4) is 0 Å². The molecule has 11 heteroatoms. The Hall–Kier alpha value is -3.93. The van der Waals surface area contributed by atoms with Gasteiger partial charge in [-0.25, -0.2) is 8.42 Å². The molecule has 48 heavy (non-hydrogen) atoms. The molecule has 0 amide bonds. The Bertz CT molecular complexity index is 1870. The predicted molar refractivity (Wildman–Crippen MR) is 194 cm³/mol. The Morgan fingerprint density at radius 2 is 1.29 bits per heavy atom. The molecule has 0 bridgehead atoms. The van der Waals surface area contributed by atoms with E-state index in [0.717, 1.165) is 46.5 Å². The summed E-state index contributed by atoms with van der Waals surface area (Å²) >= 11 is 0.552. The number of nitrogens with zero attached hydrogens (tertiary/aromatic N) is 2. The van der Waals surface area contributed by atoms with Crippen LogP contribution in [0, 0.1) is 0 Å². The first-order valence-corrected chi connectivity index (χ1v) is 18.6. The van der Waals surface area contributed by atoms with E-state index < -0.39 is 15.5 Å². The zero-order valence-electron chi connectivity index (χ0n) is 27.3. The maximum absolute atomic E-state index is 12.6. The molecule has 4 aromatic carbocycles. The molecule has 6 nitrogen and oxygen atoms in total. The molecule has 1 atom stereocenters. The standard InChI is InChI=1S/C37H41F3N4O2S2/c1-4-43(5-2)30-21-17-27(18-22-30)34(35-32-15-10-11-16-33(32)41-36(35)29-13-8-7-9-14-29)28-19-23-31(24-20-28)44(6-3)25-12-26-47-42-48(45,46)37(38,39)40/h7-11,13-24,34,41-42H,4-6,12,25-26H2,1-3H3. The van der Waals surface area contributed by atoms with E-state index in [-0.39, 0.29) is 11.7 Å². The number of halogens is 3. The number of benzene rings is 4. The number of H-pyrrole nitrogens is 1. The number of sulfonamides is 1. The maximum Gasteiger partial charge on any atom is 0.512 e. The smallest absolute Gasteiger partial charge is 0.372 e. The molecule has 1 aromatic heterocycles. The molecule has 5 rings (SSSR count). The number of hydrogen-bond acceptors (Lipinski definition) is 5. The van der Waals surface area contributed by atoms with Gasteiger partial charge in [0.1, 0.15) is 0 Å². The fourth-order valence-electron chi connectivity index (χ4n) is 6.13. The normalized spacial score (nSPS) is 12.7. The van der Waals surface area contributed by atoms with Crippen LogP contribution in [0.15, 0.2) is 103 Å². The molecule has 254 valence electrons. The molecular formula is C37H41F3N4O2S2. The summed E-state index contributed by atoms with van der Waals surface area (Å²) in [4.78, 5) is 8.18. The van der Waals surface area contributed by atoms with Crippen molar-refractivity contribution >= 4 is 44.2 Å². The Balaban J connectivity index is 1.48.